The molecule has 0 atom stereocenters. The summed E-state index contributed by atoms with van der Waals surface area (Å²) in [4.78, 5) is 4.91. The van der Waals surface area contributed by atoms with E-state index >= 15 is 0 Å². The van der Waals surface area contributed by atoms with Crippen molar-refractivity contribution in [3.8, 4) is 0 Å². The van der Waals surface area contributed by atoms with E-state index in [9.17, 15) is 0 Å². The number of rotatable bonds is 1. The maximum absolute atomic E-state index is 4.91. The van der Waals surface area contributed by atoms with Crippen LogP contribution in [-0.2, 0) is 18.5 Å². The molecule has 6 rings (SSSR count). The minimum absolute atomic E-state index is 0.501. The van der Waals surface area contributed by atoms with E-state index in [0.717, 1.165) is 37.4 Å². The number of aryl methyl sites for hydroxylation is 1. The first-order valence-electron chi connectivity index (χ1n) is 8.51. The van der Waals surface area contributed by atoms with Crippen molar-refractivity contribution in [3.63, 3.8) is 0 Å². The molecule has 0 saturated heterocycles. The second kappa shape index (κ2) is 3.88. The molecule has 108 valence electrons. The molecule has 0 amide bonds. The molecule has 0 unspecified atom stereocenters. The van der Waals surface area contributed by atoms with Crippen molar-refractivity contribution >= 4 is 0 Å². The summed E-state index contributed by atoms with van der Waals surface area (Å²) in [5.74, 6) is 4.36. The Labute approximate surface area is 121 Å². The van der Waals surface area contributed by atoms with Crippen LogP contribution in [0.4, 0.5) is 0 Å². The zero-order chi connectivity index (χ0) is 13.3. The topological polar surface area (TPSA) is 29.9 Å². The van der Waals surface area contributed by atoms with Gasteiger partial charge < -0.3 is 9.88 Å². The molecule has 4 aliphatic carbocycles. The second-order valence-corrected chi connectivity index (χ2v) is 7.99. The molecule has 1 aromatic rings. The van der Waals surface area contributed by atoms with Crippen LogP contribution < -0.4 is 5.32 Å². The van der Waals surface area contributed by atoms with E-state index in [4.69, 9.17) is 4.98 Å². The number of hydrogen-bond donors (Lipinski definition) is 1. The van der Waals surface area contributed by atoms with Crippen molar-refractivity contribution in [1.29, 1.82) is 0 Å². The van der Waals surface area contributed by atoms with E-state index in [0.29, 0.717) is 5.41 Å². The third-order valence-electron chi connectivity index (χ3n) is 6.56. The minimum Gasteiger partial charge on any atom is -0.329 e. The van der Waals surface area contributed by atoms with Gasteiger partial charge in [0.25, 0.3) is 0 Å². The Hall–Kier alpha value is -0.830. The summed E-state index contributed by atoms with van der Waals surface area (Å²) in [5.41, 5.74) is 3.49. The highest BCUT2D eigenvalue weighted by Gasteiger charge is 2.53. The Kier molecular flexibility index (Phi) is 2.29. The summed E-state index contributed by atoms with van der Waals surface area (Å²) in [5, 5.41) is 3.47. The van der Waals surface area contributed by atoms with E-state index in [2.05, 4.69) is 16.8 Å². The lowest BCUT2D eigenvalue weighted by Crippen LogP contribution is -2.50. The number of nitrogens with one attached hydrogen (secondary N) is 1. The number of aromatic nitrogens is 2. The number of hydrogen-bond acceptors (Lipinski definition) is 2. The third kappa shape index (κ3) is 1.47. The first kappa shape index (κ1) is 11.8. The standard InChI is InChI=1S/C17H25N3/c1-11-16(20-3-2-18-10-15(20)19-11)17-7-12-4-13(8-17)6-14(5-12)9-17/h12-14,18H,2-10H2,1H3. The lowest BCUT2D eigenvalue weighted by atomic mass is 9.48. The van der Waals surface area contributed by atoms with Crippen molar-refractivity contribution in [2.24, 2.45) is 17.8 Å². The quantitative estimate of drug-likeness (QED) is 0.851. The molecular formula is C17H25N3. The van der Waals surface area contributed by atoms with Gasteiger partial charge in [0.05, 0.1) is 12.2 Å². The molecule has 3 nitrogen and oxygen atoms in total. The van der Waals surface area contributed by atoms with E-state index in [-0.39, 0.29) is 0 Å². The van der Waals surface area contributed by atoms with Gasteiger partial charge in [-0.2, -0.15) is 0 Å². The van der Waals surface area contributed by atoms with Gasteiger partial charge in [0.15, 0.2) is 0 Å². The zero-order valence-electron chi connectivity index (χ0n) is 12.5. The van der Waals surface area contributed by atoms with Gasteiger partial charge in [-0.05, 0) is 63.2 Å². The molecule has 4 saturated carbocycles. The molecule has 1 aromatic heterocycles. The summed E-state index contributed by atoms with van der Waals surface area (Å²) in [6.07, 6.45) is 8.96. The summed E-state index contributed by atoms with van der Waals surface area (Å²) in [6, 6.07) is 0. The average molecular weight is 271 g/mol. The molecule has 2 heterocycles. The minimum atomic E-state index is 0.501. The fourth-order valence-corrected chi connectivity index (χ4v) is 6.47. The van der Waals surface area contributed by atoms with Crippen LogP contribution in [0.25, 0.3) is 0 Å². The van der Waals surface area contributed by atoms with Gasteiger partial charge in [-0.15, -0.1) is 0 Å². The lowest BCUT2D eigenvalue weighted by molar-refractivity contribution is -0.00937. The third-order valence-corrected chi connectivity index (χ3v) is 6.56. The van der Waals surface area contributed by atoms with Crippen LogP contribution in [0.2, 0.25) is 0 Å². The summed E-state index contributed by atoms with van der Waals surface area (Å²) >= 11 is 0. The van der Waals surface area contributed by atoms with Crippen LogP contribution in [0.5, 0.6) is 0 Å². The Morgan fingerprint density at radius 3 is 2.40 bits per heavy atom. The normalized spacial score (nSPS) is 42.0. The highest BCUT2D eigenvalue weighted by Crippen LogP contribution is 2.61. The van der Waals surface area contributed by atoms with Crippen LogP contribution >= 0.6 is 0 Å². The smallest absolute Gasteiger partial charge is 0.123 e. The molecular weight excluding hydrogens is 246 g/mol. The Bertz CT molecular complexity index is 522. The van der Waals surface area contributed by atoms with Crippen molar-refractivity contribution in [2.45, 2.75) is 64.0 Å². The molecule has 0 radical (unpaired) electrons. The first-order valence-corrected chi connectivity index (χ1v) is 8.51. The Morgan fingerprint density at radius 2 is 1.75 bits per heavy atom. The predicted octanol–water partition coefficient (Wildman–Crippen LogP) is 2.76. The van der Waals surface area contributed by atoms with Crippen LogP contribution in [0.1, 0.15) is 55.7 Å². The number of nitrogens with zero attached hydrogens (tertiary/aromatic N) is 2. The predicted molar refractivity (Wildman–Crippen MR) is 78.5 cm³/mol. The van der Waals surface area contributed by atoms with Gasteiger partial charge >= 0.3 is 0 Å². The molecule has 1 aliphatic heterocycles. The van der Waals surface area contributed by atoms with Gasteiger partial charge in [-0.1, -0.05) is 0 Å². The second-order valence-electron chi connectivity index (χ2n) is 7.99. The molecule has 20 heavy (non-hydrogen) atoms. The Balaban J connectivity index is 1.64. The molecule has 0 spiro atoms. The van der Waals surface area contributed by atoms with E-state index < -0.39 is 0 Å². The van der Waals surface area contributed by atoms with Crippen LogP contribution in [0.15, 0.2) is 0 Å². The zero-order valence-corrected chi connectivity index (χ0v) is 12.5. The van der Waals surface area contributed by atoms with Crippen molar-refractivity contribution in [1.82, 2.24) is 14.9 Å². The molecule has 4 fully saturated rings. The molecule has 5 aliphatic rings. The summed E-state index contributed by atoms with van der Waals surface area (Å²) < 4.78 is 2.60. The SMILES string of the molecule is Cc1nc2n(c1C13CC4CC(CC(C4)C1)C3)CCNC2. The number of imidazole rings is 1. The van der Waals surface area contributed by atoms with Gasteiger partial charge in [0.2, 0.25) is 0 Å². The summed E-state index contributed by atoms with van der Waals surface area (Å²) in [7, 11) is 0. The highest BCUT2D eigenvalue weighted by atomic mass is 15.2. The molecule has 3 heteroatoms. The van der Waals surface area contributed by atoms with Gasteiger partial charge in [0, 0.05) is 24.2 Å². The van der Waals surface area contributed by atoms with Crippen molar-refractivity contribution in [2.75, 3.05) is 6.54 Å². The fourth-order valence-electron chi connectivity index (χ4n) is 6.47. The lowest BCUT2D eigenvalue weighted by Gasteiger charge is -2.57. The maximum atomic E-state index is 4.91. The largest absolute Gasteiger partial charge is 0.329 e. The van der Waals surface area contributed by atoms with E-state index in [1.54, 1.807) is 5.69 Å². The van der Waals surface area contributed by atoms with Gasteiger partial charge in [0.1, 0.15) is 5.82 Å². The van der Waals surface area contributed by atoms with Crippen LogP contribution in [0, 0.1) is 24.7 Å². The van der Waals surface area contributed by atoms with Gasteiger partial charge in [-0.25, -0.2) is 4.98 Å². The maximum Gasteiger partial charge on any atom is 0.123 e. The Morgan fingerprint density at radius 1 is 1.10 bits per heavy atom. The average Bonchev–Trinajstić information content (AvgIpc) is 2.73. The molecule has 0 aromatic carbocycles. The van der Waals surface area contributed by atoms with Crippen molar-refractivity contribution < 1.29 is 0 Å². The molecule has 1 N–H and O–H groups in total. The van der Waals surface area contributed by atoms with E-state index in [1.807, 2.05) is 0 Å². The van der Waals surface area contributed by atoms with Gasteiger partial charge in [-0.3, -0.25) is 0 Å². The van der Waals surface area contributed by atoms with Crippen LogP contribution in [-0.4, -0.2) is 16.1 Å². The van der Waals surface area contributed by atoms with Crippen molar-refractivity contribution in [3.05, 3.63) is 17.2 Å². The first-order chi connectivity index (χ1) is 9.73. The highest BCUT2D eigenvalue weighted by molar-refractivity contribution is 5.30. The van der Waals surface area contributed by atoms with E-state index in [1.165, 1.54) is 50.0 Å². The fraction of sp³-hybridized carbons (Fsp3) is 0.824. The molecule has 4 bridgehead atoms. The number of fused-ring (bicyclic) bond motifs is 1. The monoisotopic (exact) mass is 271 g/mol. The summed E-state index contributed by atoms with van der Waals surface area (Å²) in [6.45, 7) is 5.47. The van der Waals surface area contributed by atoms with Crippen LogP contribution in [0.3, 0.4) is 0 Å².